The lowest BCUT2D eigenvalue weighted by atomic mass is 9.94. The Hall–Kier alpha value is -8.22. The fraction of sp³-hybridized carbons (Fsp3) is 0. The van der Waals surface area contributed by atoms with Gasteiger partial charge in [0.05, 0.1) is 0 Å². The van der Waals surface area contributed by atoms with Crippen LogP contribution >= 0.6 is 0 Å². The quantitative estimate of drug-likeness (QED) is 0.145. The lowest BCUT2D eigenvalue weighted by Crippen LogP contribution is -2.00. The van der Waals surface area contributed by atoms with E-state index in [0.717, 1.165) is 55.6 Å². The van der Waals surface area contributed by atoms with Gasteiger partial charge in [0.2, 0.25) is 0 Å². The first-order valence-electron chi connectivity index (χ1n) is 19.9. The maximum atomic E-state index is 5.14. The summed E-state index contributed by atoms with van der Waals surface area (Å²) in [6.45, 7) is 0. The van der Waals surface area contributed by atoms with E-state index in [1.165, 1.54) is 11.1 Å². The van der Waals surface area contributed by atoms with Crippen molar-refractivity contribution in [3.63, 3.8) is 0 Å². The molecule has 0 saturated carbocycles. The van der Waals surface area contributed by atoms with Gasteiger partial charge in [-0.1, -0.05) is 200 Å². The van der Waals surface area contributed by atoms with Crippen molar-refractivity contribution in [2.45, 2.75) is 0 Å². The fourth-order valence-electron chi connectivity index (χ4n) is 7.39. The summed E-state index contributed by atoms with van der Waals surface area (Å²) in [5, 5.41) is 0. The summed E-state index contributed by atoms with van der Waals surface area (Å²) >= 11 is 0. The molecule has 0 aliphatic carbocycles. The number of nitrogens with zero attached hydrogens (tertiary/aromatic N) is 6. The van der Waals surface area contributed by atoms with E-state index in [-0.39, 0.29) is 0 Å². The van der Waals surface area contributed by atoms with Gasteiger partial charge in [-0.15, -0.1) is 0 Å². The standard InChI is InChI=1S/C54H36N6/c1-5-18-37(19-6-1)47-32-13-14-33-48(47)43-28-17-31-46(36-43)54-59-51(40-24-11-4-12-25-40)58-53(60-54)45-30-16-27-42(35-45)41-26-15-29-44(34-41)52-56-49(38-20-7-2-8-21-38)55-50(57-52)39-22-9-3-10-23-39/h1-36H. The van der Waals surface area contributed by atoms with Gasteiger partial charge in [0.1, 0.15) is 0 Å². The van der Waals surface area contributed by atoms with E-state index >= 15 is 0 Å². The molecule has 0 N–H and O–H groups in total. The van der Waals surface area contributed by atoms with E-state index in [1.807, 2.05) is 115 Å². The minimum Gasteiger partial charge on any atom is -0.208 e. The van der Waals surface area contributed by atoms with Gasteiger partial charge in [-0.2, -0.15) is 0 Å². The predicted octanol–water partition coefficient (Wildman–Crippen LogP) is 13.1. The van der Waals surface area contributed by atoms with E-state index in [2.05, 4.69) is 103 Å². The van der Waals surface area contributed by atoms with Crippen molar-refractivity contribution in [1.82, 2.24) is 29.9 Å². The summed E-state index contributed by atoms with van der Waals surface area (Å²) in [4.78, 5) is 30.1. The molecule has 0 spiro atoms. The van der Waals surface area contributed by atoms with E-state index < -0.39 is 0 Å². The van der Waals surface area contributed by atoms with Crippen LogP contribution in [0.2, 0.25) is 0 Å². The second-order valence-corrected chi connectivity index (χ2v) is 14.4. The molecule has 6 heteroatoms. The first kappa shape index (κ1) is 36.1. The van der Waals surface area contributed by atoms with Gasteiger partial charge in [-0.3, -0.25) is 0 Å². The molecule has 0 aliphatic heterocycles. The van der Waals surface area contributed by atoms with Gasteiger partial charge in [0.25, 0.3) is 0 Å². The third-order valence-electron chi connectivity index (χ3n) is 10.4. The van der Waals surface area contributed by atoms with Crippen LogP contribution in [0.25, 0.3) is 102 Å². The average Bonchev–Trinajstić information content (AvgIpc) is 3.35. The monoisotopic (exact) mass is 768 g/mol. The van der Waals surface area contributed by atoms with Crippen molar-refractivity contribution in [1.29, 1.82) is 0 Å². The summed E-state index contributed by atoms with van der Waals surface area (Å²) < 4.78 is 0. The van der Waals surface area contributed by atoms with Crippen LogP contribution < -0.4 is 0 Å². The maximum Gasteiger partial charge on any atom is 0.164 e. The van der Waals surface area contributed by atoms with Crippen molar-refractivity contribution < 1.29 is 0 Å². The average molecular weight is 769 g/mol. The Morgan fingerprint density at radius 3 is 0.767 bits per heavy atom. The molecule has 2 aromatic heterocycles. The zero-order chi connectivity index (χ0) is 40.1. The predicted molar refractivity (Wildman–Crippen MR) is 242 cm³/mol. The Morgan fingerprint density at radius 1 is 0.167 bits per heavy atom. The van der Waals surface area contributed by atoms with Crippen LogP contribution in [-0.2, 0) is 0 Å². The smallest absolute Gasteiger partial charge is 0.164 e. The summed E-state index contributed by atoms with van der Waals surface area (Å²) in [6.07, 6.45) is 0. The topological polar surface area (TPSA) is 77.3 Å². The molecule has 60 heavy (non-hydrogen) atoms. The Balaban J connectivity index is 1.04. The van der Waals surface area contributed by atoms with E-state index in [0.29, 0.717) is 34.9 Å². The highest BCUT2D eigenvalue weighted by atomic mass is 15.0. The van der Waals surface area contributed by atoms with Crippen molar-refractivity contribution >= 4 is 0 Å². The maximum absolute atomic E-state index is 5.14. The van der Waals surface area contributed by atoms with Crippen LogP contribution in [0.4, 0.5) is 0 Å². The SMILES string of the molecule is c1ccc(-c2nc(-c3ccccc3)nc(-c3cccc(-c4cccc(-c5nc(-c6ccccc6)nc(-c6cccc(-c7ccccc7-c7ccccc7)c6)n5)c4)c3)n2)cc1. The molecule has 282 valence electrons. The lowest BCUT2D eigenvalue weighted by Gasteiger charge is -2.13. The normalized spacial score (nSPS) is 11.0. The third kappa shape index (κ3) is 7.61. The minimum atomic E-state index is 0.587. The van der Waals surface area contributed by atoms with E-state index in [9.17, 15) is 0 Å². The Labute approximate surface area is 348 Å². The molecule has 10 aromatic rings. The largest absolute Gasteiger partial charge is 0.208 e. The van der Waals surface area contributed by atoms with Crippen molar-refractivity contribution in [2.75, 3.05) is 0 Å². The molecule has 10 rings (SSSR count). The number of hydrogen-bond donors (Lipinski definition) is 0. The van der Waals surface area contributed by atoms with Crippen LogP contribution in [-0.4, -0.2) is 29.9 Å². The second kappa shape index (κ2) is 16.3. The van der Waals surface area contributed by atoms with Crippen LogP contribution in [0.5, 0.6) is 0 Å². The summed E-state index contributed by atoms with van der Waals surface area (Å²) in [5.41, 5.74) is 12.0. The van der Waals surface area contributed by atoms with Crippen molar-refractivity contribution in [3.8, 4) is 102 Å². The highest BCUT2D eigenvalue weighted by molar-refractivity contribution is 5.85. The van der Waals surface area contributed by atoms with Crippen molar-refractivity contribution in [2.24, 2.45) is 0 Å². The molecule has 6 nitrogen and oxygen atoms in total. The van der Waals surface area contributed by atoms with E-state index in [4.69, 9.17) is 29.9 Å². The van der Waals surface area contributed by atoms with Gasteiger partial charge in [0, 0.05) is 33.4 Å². The molecule has 0 bridgehead atoms. The van der Waals surface area contributed by atoms with Crippen LogP contribution in [0.1, 0.15) is 0 Å². The third-order valence-corrected chi connectivity index (χ3v) is 10.4. The number of hydrogen-bond acceptors (Lipinski definition) is 6. The minimum absolute atomic E-state index is 0.587. The van der Waals surface area contributed by atoms with Gasteiger partial charge in [-0.05, 0) is 51.6 Å². The summed E-state index contributed by atoms with van der Waals surface area (Å²) in [5.74, 6) is 3.64. The molecule has 2 heterocycles. The summed E-state index contributed by atoms with van der Waals surface area (Å²) in [7, 11) is 0. The molecule has 0 fully saturated rings. The molecule has 0 radical (unpaired) electrons. The van der Waals surface area contributed by atoms with Gasteiger partial charge in [0.15, 0.2) is 34.9 Å². The fourth-order valence-corrected chi connectivity index (χ4v) is 7.39. The second-order valence-electron chi connectivity index (χ2n) is 14.4. The van der Waals surface area contributed by atoms with E-state index in [1.54, 1.807) is 0 Å². The molecular weight excluding hydrogens is 733 g/mol. The first-order chi connectivity index (χ1) is 29.7. The molecule has 0 amide bonds. The molecule has 0 unspecified atom stereocenters. The molecule has 8 aromatic carbocycles. The molecule has 0 atom stereocenters. The highest BCUT2D eigenvalue weighted by Gasteiger charge is 2.16. The Kier molecular flexibility index (Phi) is 9.84. The number of rotatable bonds is 9. The van der Waals surface area contributed by atoms with Gasteiger partial charge < -0.3 is 0 Å². The van der Waals surface area contributed by atoms with Crippen LogP contribution in [0, 0.1) is 0 Å². The number of aromatic nitrogens is 6. The molecule has 0 aliphatic rings. The lowest BCUT2D eigenvalue weighted by molar-refractivity contribution is 1.07. The van der Waals surface area contributed by atoms with Crippen molar-refractivity contribution in [3.05, 3.63) is 218 Å². The zero-order valence-corrected chi connectivity index (χ0v) is 32.5. The number of benzene rings is 8. The highest BCUT2D eigenvalue weighted by Crippen LogP contribution is 2.35. The Morgan fingerprint density at radius 2 is 0.400 bits per heavy atom. The van der Waals surface area contributed by atoms with Gasteiger partial charge in [-0.25, -0.2) is 29.9 Å². The van der Waals surface area contributed by atoms with Crippen LogP contribution in [0.3, 0.4) is 0 Å². The molecule has 0 saturated heterocycles. The summed E-state index contributed by atoms with van der Waals surface area (Å²) in [6, 6.07) is 74.2. The van der Waals surface area contributed by atoms with Crippen LogP contribution in [0.15, 0.2) is 218 Å². The molecular formula is C54H36N6. The zero-order valence-electron chi connectivity index (χ0n) is 32.5. The van der Waals surface area contributed by atoms with Gasteiger partial charge >= 0.3 is 0 Å². The Bertz CT molecular complexity index is 3020. The first-order valence-corrected chi connectivity index (χ1v) is 19.9.